The molecular weight excluding hydrogens is 775 g/mol. The molecule has 290 valence electrons. The lowest BCUT2D eigenvalue weighted by molar-refractivity contribution is 0.669. The molecule has 0 atom stereocenters. The van der Waals surface area contributed by atoms with Crippen LogP contribution in [0.5, 0.6) is 0 Å². The third kappa shape index (κ3) is 5.37. The zero-order chi connectivity index (χ0) is 40.7. The highest BCUT2D eigenvalue weighted by molar-refractivity contribution is 7.26. The summed E-state index contributed by atoms with van der Waals surface area (Å²) in [4.78, 5) is 2.33. The average Bonchev–Trinajstić information content (AvgIpc) is 4.04. The van der Waals surface area contributed by atoms with E-state index in [1.807, 2.05) is 17.4 Å². The maximum Gasteiger partial charge on any atom is 0.160 e. The lowest BCUT2D eigenvalue weighted by atomic mass is 9.96. The molecule has 13 aromatic rings. The van der Waals surface area contributed by atoms with Crippen molar-refractivity contribution in [2.24, 2.45) is 0 Å². The van der Waals surface area contributed by atoms with Crippen LogP contribution in [0, 0.1) is 0 Å². The summed E-state index contributed by atoms with van der Waals surface area (Å²) in [5, 5.41) is 9.22. The molecule has 0 unspecified atom stereocenters. The molecule has 0 spiro atoms. The van der Waals surface area contributed by atoms with Crippen LogP contribution in [-0.4, -0.2) is 0 Å². The predicted molar refractivity (Wildman–Crippen MR) is 262 cm³/mol. The summed E-state index contributed by atoms with van der Waals surface area (Å²) >= 11 is 1.81. The number of para-hydroxylation sites is 2. The molecule has 0 radical (unpaired) electrons. The summed E-state index contributed by atoms with van der Waals surface area (Å²) in [6, 6.07) is 75.9. The summed E-state index contributed by atoms with van der Waals surface area (Å²) in [6.45, 7) is 0. The number of thiophene rings is 1. The van der Waals surface area contributed by atoms with Crippen molar-refractivity contribution in [1.82, 2.24) is 0 Å². The van der Waals surface area contributed by atoms with Crippen LogP contribution in [0.4, 0.5) is 17.1 Å². The van der Waals surface area contributed by atoms with E-state index in [-0.39, 0.29) is 0 Å². The molecule has 3 nitrogen and oxygen atoms in total. The molecule has 0 saturated carbocycles. The Morgan fingerprint density at radius 3 is 1.79 bits per heavy atom. The van der Waals surface area contributed by atoms with Crippen LogP contribution in [-0.2, 0) is 0 Å². The van der Waals surface area contributed by atoms with Crippen molar-refractivity contribution in [3.63, 3.8) is 0 Å². The van der Waals surface area contributed by atoms with Crippen LogP contribution in [0.1, 0.15) is 0 Å². The zero-order valence-corrected chi connectivity index (χ0v) is 34.2. The fourth-order valence-electron chi connectivity index (χ4n) is 9.62. The van der Waals surface area contributed by atoms with Gasteiger partial charge >= 0.3 is 0 Å². The van der Waals surface area contributed by atoms with E-state index in [1.54, 1.807) is 0 Å². The summed E-state index contributed by atoms with van der Waals surface area (Å²) in [7, 11) is 0. The molecule has 0 N–H and O–H groups in total. The van der Waals surface area contributed by atoms with Crippen molar-refractivity contribution in [2.75, 3.05) is 4.90 Å². The monoisotopic (exact) mass is 809 g/mol. The SMILES string of the molecule is c1ccc(-c2ccc(N(c3ccc(-c4cccc5ccccc45)cc3)c3ccc(-c4cccc5c4oc4c5ccc5sc6ccccc6c54)c4c3oc3ccccc34)cc2)cc1. The van der Waals surface area contributed by atoms with Gasteiger partial charge in [0.2, 0.25) is 0 Å². The number of benzene rings is 10. The largest absolute Gasteiger partial charge is 0.455 e. The summed E-state index contributed by atoms with van der Waals surface area (Å²) in [5.41, 5.74) is 13.3. The van der Waals surface area contributed by atoms with Gasteiger partial charge in [0, 0.05) is 58.7 Å². The Balaban J connectivity index is 1.03. The molecule has 10 aromatic carbocycles. The van der Waals surface area contributed by atoms with Crippen LogP contribution in [0.3, 0.4) is 0 Å². The van der Waals surface area contributed by atoms with E-state index in [0.29, 0.717) is 0 Å². The third-order valence-electron chi connectivity index (χ3n) is 12.5. The average molecular weight is 810 g/mol. The molecule has 13 rings (SSSR count). The first kappa shape index (κ1) is 34.9. The molecule has 4 heteroatoms. The Bertz CT molecular complexity index is 3850. The normalized spacial score (nSPS) is 11.9. The minimum absolute atomic E-state index is 0.813. The molecule has 0 saturated heterocycles. The predicted octanol–water partition coefficient (Wildman–Crippen LogP) is 17.5. The van der Waals surface area contributed by atoms with E-state index in [2.05, 4.69) is 211 Å². The smallest absolute Gasteiger partial charge is 0.160 e. The van der Waals surface area contributed by atoms with E-state index < -0.39 is 0 Å². The highest BCUT2D eigenvalue weighted by atomic mass is 32.1. The Labute approximate surface area is 360 Å². The molecule has 0 aliphatic carbocycles. The topological polar surface area (TPSA) is 29.5 Å². The highest BCUT2D eigenvalue weighted by Crippen LogP contribution is 2.49. The lowest BCUT2D eigenvalue weighted by Crippen LogP contribution is -2.10. The van der Waals surface area contributed by atoms with E-state index in [1.165, 1.54) is 47.6 Å². The van der Waals surface area contributed by atoms with E-state index >= 15 is 0 Å². The van der Waals surface area contributed by atoms with Crippen molar-refractivity contribution in [2.45, 2.75) is 0 Å². The number of hydrogen-bond acceptors (Lipinski definition) is 4. The first-order chi connectivity index (χ1) is 30.7. The number of furan rings is 2. The van der Waals surface area contributed by atoms with Gasteiger partial charge in [0.15, 0.2) is 5.58 Å². The van der Waals surface area contributed by atoms with Crippen LogP contribution in [0.2, 0.25) is 0 Å². The number of hydrogen-bond donors (Lipinski definition) is 0. The fraction of sp³-hybridized carbons (Fsp3) is 0. The summed E-state index contributed by atoms with van der Waals surface area (Å²) in [5.74, 6) is 0. The molecular formula is C58H35NO2S. The molecule has 3 heterocycles. The van der Waals surface area contributed by atoms with Gasteiger partial charge in [-0.25, -0.2) is 0 Å². The molecule has 0 bridgehead atoms. The standard InChI is InChI=1S/C58H35NO2S/c1-2-12-36(13-3-1)37-24-28-40(29-25-37)59(41-30-26-39(27-31-41)43-19-10-15-38-14-4-5-16-42(38)43)50-34-32-44(54-48-17-6-8-22-51(48)60-58(50)54)45-20-11-21-46-47-33-35-53-55(57(47)61-56(45)46)49-18-7-9-23-52(49)62-53/h1-35H. The summed E-state index contributed by atoms with van der Waals surface area (Å²) < 4.78 is 16.6. The van der Waals surface area contributed by atoms with Crippen LogP contribution < -0.4 is 4.90 Å². The van der Waals surface area contributed by atoms with Gasteiger partial charge in [0.05, 0.1) is 5.69 Å². The number of fused-ring (bicyclic) bond motifs is 11. The van der Waals surface area contributed by atoms with Crippen LogP contribution in [0.15, 0.2) is 221 Å². The maximum atomic E-state index is 7.06. The van der Waals surface area contributed by atoms with Gasteiger partial charge in [0.25, 0.3) is 0 Å². The first-order valence-corrected chi connectivity index (χ1v) is 21.8. The van der Waals surface area contributed by atoms with Gasteiger partial charge in [0.1, 0.15) is 16.7 Å². The Morgan fingerprint density at radius 1 is 0.323 bits per heavy atom. The maximum absolute atomic E-state index is 7.06. The molecule has 0 aliphatic heterocycles. The van der Waals surface area contributed by atoms with Gasteiger partial charge in [-0.1, -0.05) is 158 Å². The van der Waals surface area contributed by atoms with Crippen molar-refractivity contribution >= 4 is 103 Å². The van der Waals surface area contributed by atoms with Gasteiger partial charge in [-0.15, -0.1) is 11.3 Å². The fourth-order valence-corrected chi connectivity index (χ4v) is 10.7. The van der Waals surface area contributed by atoms with E-state index in [0.717, 1.165) is 77.6 Å². The van der Waals surface area contributed by atoms with E-state index in [4.69, 9.17) is 8.83 Å². The quantitative estimate of drug-likeness (QED) is 0.168. The minimum Gasteiger partial charge on any atom is -0.455 e. The minimum atomic E-state index is 0.813. The van der Waals surface area contributed by atoms with Crippen molar-refractivity contribution in [3.05, 3.63) is 212 Å². The Kier molecular flexibility index (Phi) is 7.78. The van der Waals surface area contributed by atoms with E-state index in [9.17, 15) is 0 Å². The number of nitrogens with zero attached hydrogens (tertiary/aromatic N) is 1. The van der Waals surface area contributed by atoms with Gasteiger partial charge < -0.3 is 13.7 Å². The van der Waals surface area contributed by atoms with Crippen molar-refractivity contribution in [3.8, 4) is 33.4 Å². The lowest BCUT2D eigenvalue weighted by Gasteiger charge is -2.26. The second-order valence-electron chi connectivity index (χ2n) is 16.0. The highest BCUT2D eigenvalue weighted by Gasteiger charge is 2.25. The Morgan fingerprint density at radius 2 is 0.952 bits per heavy atom. The first-order valence-electron chi connectivity index (χ1n) is 21.0. The molecule has 0 fully saturated rings. The number of anilines is 3. The Hall–Kier alpha value is -7.92. The molecule has 0 amide bonds. The molecule has 62 heavy (non-hydrogen) atoms. The second kappa shape index (κ2) is 13.8. The second-order valence-corrected chi connectivity index (χ2v) is 17.0. The van der Waals surface area contributed by atoms with Gasteiger partial charge in [-0.3, -0.25) is 0 Å². The van der Waals surface area contributed by atoms with Crippen molar-refractivity contribution in [1.29, 1.82) is 0 Å². The van der Waals surface area contributed by atoms with Gasteiger partial charge in [-0.2, -0.15) is 0 Å². The van der Waals surface area contributed by atoms with Gasteiger partial charge in [-0.05, 0) is 93.2 Å². The summed E-state index contributed by atoms with van der Waals surface area (Å²) in [6.07, 6.45) is 0. The number of rotatable bonds is 6. The van der Waals surface area contributed by atoms with Crippen LogP contribution >= 0.6 is 11.3 Å². The zero-order valence-electron chi connectivity index (χ0n) is 33.4. The molecule has 0 aliphatic rings. The van der Waals surface area contributed by atoms with Crippen molar-refractivity contribution < 1.29 is 8.83 Å². The van der Waals surface area contributed by atoms with Crippen LogP contribution in [0.25, 0.3) is 108 Å². The third-order valence-corrected chi connectivity index (χ3v) is 13.6. The molecule has 3 aromatic heterocycles.